The number of methoxy groups -OCH3 is 2. The number of hydrogen-bond acceptors (Lipinski definition) is 7. The molecule has 0 N–H and O–H groups in total. The Kier molecular flexibility index (Phi) is 5.87. The Morgan fingerprint density at radius 3 is 2.43 bits per heavy atom. The van der Waals surface area contributed by atoms with E-state index in [0.717, 1.165) is 5.56 Å². The van der Waals surface area contributed by atoms with Crippen molar-refractivity contribution in [2.45, 2.75) is 29.7 Å². The molecule has 0 saturated carbocycles. The first kappa shape index (κ1) is 20.1. The molecule has 9 nitrogen and oxygen atoms in total. The van der Waals surface area contributed by atoms with E-state index in [1.165, 1.54) is 10.9 Å². The summed E-state index contributed by atoms with van der Waals surface area (Å²) in [6, 6.07) is 5.37. The average Bonchev–Trinajstić information content (AvgIpc) is 3.14. The second-order valence-electron chi connectivity index (χ2n) is 6.72. The maximum absolute atomic E-state index is 12.7. The monoisotopic (exact) mass is 408 g/mol. The maximum atomic E-state index is 12.7. The highest BCUT2D eigenvalue weighted by Gasteiger charge is 2.35. The lowest BCUT2D eigenvalue weighted by Crippen LogP contribution is -2.43. The molecule has 28 heavy (non-hydrogen) atoms. The van der Waals surface area contributed by atoms with Crippen LogP contribution in [0.1, 0.15) is 18.4 Å². The standard InChI is InChI=1S/C18H24N4O5S/c1-21-12-19-20-18(21)28(24,25)14-6-8-22(9-7-14)17(23)11-13-4-5-15(26-2)16(10-13)27-3/h4-5,10,12,14H,6-9,11H2,1-3H3. The molecule has 0 bridgehead atoms. The number of nitrogens with zero attached hydrogens (tertiary/aromatic N) is 4. The lowest BCUT2D eigenvalue weighted by atomic mass is 10.1. The number of aromatic nitrogens is 3. The van der Waals surface area contributed by atoms with Crippen molar-refractivity contribution in [2.75, 3.05) is 27.3 Å². The van der Waals surface area contributed by atoms with E-state index in [0.29, 0.717) is 37.4 Å². The molecule has 2 aromatic rings. The minimum atomic E-state index is -3.55. The van der Waals surface area contributed by atoms with E-state index in [-0.39, 0.29) is 17.5 Å². The van der Waals surface area contributed by atoms with Gasteiger partial charge in [0.1, 0.15) is 6.33 Å². The highest BCUT2D eigenvalue weighted by molar-refractivity contribution is 7.91. The van der Waals surface area contributed by atoms with Crippen molar-refractivity contribution in [3.05, 3.63) is 30.1 Å². The van der Waals surface area contributed by atoms with E-state index in [9.17, 15) is 13.2 Å². The van der Waals surface area contributed by atoms with Crippen LogP contribution in [-0.4, -0.2) is 66.5 Å². The summed E-state index contributed by atoms with van der Waals surface area (Å²) in [6.45, 7) is 0.793. The lowest BCUT2D eigenvalue weighted by molar-refractivity contribution is -0.131. The molecule has 10 heteroatoms. The van der Waals surface area contributed by atoms with Crippen LogP contribution < -0.4 is 9.47 Å². The van der Waals surface area contributed by atoms with Crippen LogP contribution in [0.4, 0.5) is 0 Å². The van der Waals surface area contributed by atoms with Gasteiger partial charge in [0.25, 0.3) is 0 Å². The smallest absolute Gasteiger partial charge is 0.249 e. The highest BCUT2D eigenvalue weighted by atomic mass is 32.2. The summed E-state index contributed by atoms with van der Waals surface area (Å²) >= 11 is 0. The van der Waals surface area contributed by atoms with Crippen LogP contribution in [0.3, 0.4) is 0 Å². The summed E-state index contributed by atoms with van der Waals surface area (Å²) in [5.41, 5.74) is 0.816. The first-order valence-corrected chi connectivity index (χ1v) is 10.5. The van der Waals surface area contributed by atoms with Gasteiger partial charge in [0, 0.05) is 20.1 Å². The SMILES string of the molecule is COc1ccc(CC(=O)N2CCC(S(=O)(=O)c3nncn3C)CC2)cc1OC. The second kappa shape index (κ2) is 8.17. The number of amides is 1. The van der Waals surface area contributed by atoms with E-state index >= 15 is 0 Å². The summed E-state index contributed by atoms with van der Waals surface area (Å²) in [4.78, 5) is 14.3. The Morgan fingerprint density at radius 1 is 1.18 bits per heavy atom. The predicted octanol–water partition coefficient (Wildman–Crippen LogP) is 0.840. The van der Waals surface area contributed by atoms with E-state index in [1.54, 1.807) is 38.3 Å². The number of carbonyl (C=O) groups excluding carboxylic acids is 1. The van der Waals surface area contributed by atoms with Crippen molar-refractivity contribution in [3.63, 3.8) is 0 Å². The molecular weight excluding hydrogens is 384 g/mol. The number of ether oxygens (including phenoxy) is 2. The first-order valence-electron chi connectivity index (χ1n) is 8.93. The quantitative estimate of drug-likeness (QED) is 0.698. The summed E-state index contributed by atoms with van der Waals surface area (Å²) in [5, 5.41) is 6.79. The van der Waals surface area contributed by atoms with Gasteiger partial charge in [-0.05, 0) is 30.5 Å². The van der Waals surface area contributed by atoms with Gasteiger partial charge in [0.15, 0.2) is 11.5 Å². The number of aryl methyl sites for hydroxylation is 1. The van der Waals surface area contributed by atoms with Crippen LogP contribution in [0.2, 0.25) is 0 Å². The molecular formula is C18H24N4O5S. The molecule has 152 valence electrons. The number of carbonyl (C=O) groups is 1. The van der Waals surface area contributed by atoms with Crippen LogP contribution >= 0.6 is 0 Å². The topological polar surface area (TPSA) is 104 Å². The molecule has 1 fully saturated rings. The van der Waals surface area contributed by atoms with Gasteiger partial charge in [-0.3, -0.25) is 4.79 Å². The molecule has 0 spiro atoms. The summed E-state index contributed by atoms with van der Waals surface area (Å²) in [5.74, 6) is 1.14. The Bertz CT molecular complexity index is 949. The van der Waals surface area contributed by atoms with Crippen molar-refractivity contribution >= 4 is 15.7 Å². The number of rotatable bonds is 6. The second-order valence-corrected chi connectivity index (χ2v) is 8.84. The third kappa shape index (κ3) is 3.96. The van der Waals surface area contributed by atoms with Crippen molar-refractivity contribution in [2.24, 2.45) is 7.05 Å². The third-order valence-corrected chi connectivity index (χ3v) is 7.19. The largest absolute Gasteiger partial charge is 0.493 e. The Morgan fingerprint density at radius 2 is 1.86 bits per heavy atom. The summed E-state index contributed by atoms with van der Waals surface area (Å²) in [7, 11) is 1.16. The van der Waals surface area contributed by atoms with Crippen LogP contribution in [0.15, 0.2) is 29.7 Å². The Labute approximate surface area is 164 Å². The predicted molar refractivity (Wildman–Crippen MR) is 101 cm³/mol. The molecule has 0 atom stereocenters. The van der Waals surface area contributed by atoms with Gasteiger partial charge in [0.05, 0.1) is 25.9 Å². The molecule has 0 unspecified atom stereocenters. The fourth-order valence-electron chi connectivity index (χ4n) is 3.37. The fraction of sp³-hybridized carbons (Fsp3) is 0.500. The van der Waals surface area contributed by atoms with Crippen molar-refractivity contribution in [3.8, 4) is 11.5 Å². The minimum absolute atomic E-state index is 0.0254. The summed E-state index contributed by atoms with van der Waals surface area (Å²) in [6.07, 6.45) is 2.36. The molecule has 1 amide bonds. The molecule has 3 rings (SSSR count). The normalized spacial score (nSPS) is 15.5. The molecule has 1 aromatic carbocycles. The molecule has 1 aliphatic heterocycles. The number of likely N-dealkylation sites (tertiary alicyclic amines) is 1. The number of piperidine rings is 1. The Balaban J connectivity index is 1.62. The lowest BCUT2D eigenvalue weighted by Gasteiger charge is -2.31. The van der Waals surface area contributed by atoms with Crippen LogP contribution in [0, 0.1) is 0 Å². The van der Waals surface area contributed by atoms with Gasteiger partial charge < -0.3 is 18.9 Å². The van der Waals surface area contributed by atoms with Crippen LogP contribution in [0.5, 0.6) is 11.5 Å². The van der Waals surface area contributed by atoms with Gasteiger partial charge in [-0.1, -0.05) is 6.07 Å². The van der Waals surface area contributed by atoms with Crippen LogP contribution in [-0.2, 0) is 28.1 Å². The number of sulfone groups is 1. The van der Waals surface area contributed by atoms with Crippen molar-refractivity contribution in [1.29, 1.82) is 0 Å². The number of hydrogen-bond donors (Lipinski definition) is 0. The zero-order chi connectivity index (χ0) is 20.3. The molecule has 1 aliphatic rings. The highest BCUT2D eigenvalue weighted by Crippen LogP contribution is 2.28. The van der Waals surface area contributed by atoms with Gasteiger partial charge in [0.2, 0.25) is 20.9 Å². The maximum Gasteiger partial charge on any atom is 0.249 e. The van der Waals surface area contributed by atoms with E-state index in [2.05, 4.69) is 10.2 Å². The minimum Gasteiger partial charge on any atom is -0.493 e. The molecule has 1 saturated heterocycles. The van der Waals surface area contributed by atoms with E-state index < -0.39 is 15.1 Å². The Hall–Kier alpha value is -2.62. The van der Waals surface area contributed by atoms with Gasteiger partial charge in [-0.2, -0.15) is 0 Å². The van der Waals surface area contributed by atoms with E-state index in [4.69, 9.17) is 9.47 Å². The molecule has 0 aliphatic carbocycles. The average molecular weight is 408 g/mol. The fourth-order valence-corrected chi connectivity index (χ4v) is 5.11. The number of benzene rings is 1. The zero-order valence-corrected chi connectivity index (χ0v) is 17.0. The van der Waals surface area contributed by atoms with E-state index in [1.807, 2.05) is 6.07 Å². The first-order chi connectivity index (χ1) is 13.4. The molecule has 1 aromatic heterocycles. The molecule has 0 radical (unpaired) electrons. The van der Waals surface area contributed by atoms with Crippen molar-refractivity contribution in [1.82, 2.24) is 19.7 Å². The summed E-state index contributed by atoms with van der Waals surface area (Å²) < 4.78 is 37.3. The van der Waals surface area contributed by atoms with Gasteiger partial charge in [-0.25, -0.2) is 8.42 Å². The van der Waals surface area contributed by atoms with Crippen molar-refractivity contribution < 1.29 is 22.7 Å². The third-order valence-electron chi connectivity index (χ3n) is 4.96. The van der Waals surface area contributed by atoms with Crippen LogP contribution in [0.25, 0.3) is 0 Å². The molecule has 2 heterocycles. The van der Waals surface area contributed by atoms with Gasteiger partial charge >= 0.3 is 0 Å². The van der Waals surface area contributed by atoms with Gasteiger partial charge in [-0.15, -0.1) is 10.2 Å². The zero-order valence-electron chi connectivity index (χ0n) is 16.2.